The van der Waals surface area contributed by atoms with E-state index >= 15 is 0 Å². The fourth-order valence-corrected chi connectivity index (χ4v) is 6.13. The second kappa shape index (κ2) is 7.99. The number of carbonyl (C=O) groups excluding carboxylic acids is 1. The van der Waals surface area contributed by atoms with Gasteiger partial charge in [-0.2, -0.15) is 0 Å². The van der Waals surface area contributed by atoms with E-state index in [9.17, 15) is 17.8 Å². The minimum Gasteiger partial charge on any atom is -0.324 e. The van der Waals surface area contributed by atoms with Crippen LogP contribution in [0.5, 0.6) is 0 Å². The van der Waals surface area contributed by atoms with Gasteiger partial charge in [-0.3, -0.25) is 4.79 Å². The Labute approximate surface area is 198 Å². The fourth-order valence-electron chi connectivity index (χ4n) is 5.26. The van der Waals surface area contributed by atoms with Crippen LogP contribution in [0.1, 0.15) is 36.0 Å². The first-order chi connectivity index (χ1) is 16.4. The van der Waals surface area contributed by atoms with Crippen LogP contribution in [0.2, 0.25) is 0 Å². The van der Waals surface area contributed by atoms with E-state index in [-0.39, 0.29) is 10.8 Å². The van der Waals surface area contributed by atoms with Gasteiger partial charge in [0.2, 0.25) is 5.91 Å². The van der Waals surface area contributed by atoms with Crippen LogP contribution in [0.15, 0.2) is 53.4 Å². The lowest BCUT2D eigenvalue weighted by Gasteiger charge is -2.36. The summed E-state index contributed by atoms with van der Waals surface area (Å²) in [6.07, 6.45) is 3.46. The van der Waals surface area contributed by atoms with Crippen LogP contribution >= 0.6 is 0 Å². The molecule has 0 aromatic heterocycles. The highest BCUT2D eigenvalue weighted by atomic mass is 32.2. The third kappa shape index (κ3) is 3.35. The number of amides is 1. The molecule has 0 saturated heterocycles. The van der Waals surface area contributed by atoms with Crippen molar-refractivity contribution in [2.75, 3.05) is 16.6 Å². The van der Waals surface area contributed by atoms with Crippen molar-refractivity contribution in [3.63, 3.8) is 0 Å². The molecule has 1 spiro atoms. The molecule has 6 rings (SSSR count). The molecule has 1 aliphatic carbocycles. The maximum atomic E-state index is 14.2. The van der Waals surface area contributed by atoms with Crippen molar-refractivity contribution >= 4 is 28.3 Å². The Kier molecular flexibility index (Phi) is 5.04. The first-order valence-corrected chi connectivity index (χ1v) is 12.6. The van der Waals surface area contributed by atoms with Crippen LogP contribution in [0.25, 0.3) is 11.1 Å². The third-order valence-corrected chi connectivity index (χ3v) is 8.39. The molecule has 3 N–H and O–H groups in total. The van der Waals surface area contributed by atoms with Crippen molar-refractivity contribution in [3.8, 4) is 11.1 Å². The number of rotatable bonds is 4. The highest BCUT2D eigenvalue weighted by molar-refractivity contribution is 7.86. The van der Waals surface area contributed by atoms with Gasteiger partial charge in [0.1, 0.15) is 11.6 Å². The SMILES string of the molecule is O=C1Nc2c(-c3ccc4c(c3)CNCC4)cc(NS(=O)c3ccc(F)cc3F)cc2C12CCC2. The monoisotopic (exact) mass is 479 g/mol. The molecule has 1 atom stereocenters. The molecule has 3 aromatic carbocycles. The summed E-state index contributed by atoms with van der Waals surface area (Å²) in [5, 5.41) is 6.50. The maximum absolute atomic E-state index is 14.2. The van der Waals surface area contributed by atoms with E-state index in [1.807, 2.05) is 12.1 Å². The second-order valence-electron chi connectivity index (χ2n) is 9.19. The number of hydrogen-bond acceptors (Lipinski definition) is 3. The Hall–Kier alpha value is -3.10. The van der Waals surface area contributed by atoms with E-state index in [1.165, 1.54) is 17.2 Å². The number of nitrogens with one attached hydrogen (secondary N) is 3. The molecule has 1 fully saturated rings. The molecule has 2 aliphatic heterocycles. The summed E-state index contributed by atoms with van der Waals surface area (Å²) in [4.78, 5) is 12.9. The van der Waals surface area contributed by atoms with Gasteiger partial charge in [0.25, 0.3) is 0 Å². The van der Waals surface area contributed by atoms with Gasteiger partial charge in [-0.25, -0.2) is 13.0 Å². The van der Waals surface area contributed by atoms with Gasteiger partial charge >= 0.3 is 0 Å². The van der Waals surface area contributed by atoms with E-state index in [1.54, 1.807) is 0 Å². The standard InChI is InChI=1S/C26H23F2N3O2S/c27-18-4-5-23(22(28)11-18)34(33)31-19-12-20(16-3-2-15-6-9-29-14-17(15)10-16)24-21(13-19)26(7-1-8-26)25(32)30-24/h2-5,10-13,29,31H,1,6-9,14H2,(H,30,32). The van der Waals surface area contributed by atoms with E-state index in [4.69, 9.17) is 0 Å². The zero-order chi connectivity index (χ0) is 23.4. The number of benzene rings is 3. The Morgan fingerprint density at radius 3 is 2.62 bits per heavy atom. The van der Waals surface area contributed by atoms with Crippen molar-refractivity contribution in [1.82, 2.24) is 5.32 Å². The smallest absolute Gasteiger partial charge is 0.235 e. The van der Waals surface area contributed by atoms with Crippen molar-refractivity contribution in [2.24, 2.45) is 0 Å². The first-order valence-electron chi connectivity index (χ1n) is 11.4. The summed E-state index contributed by atoms with van der Waals surface area (Å²) >= 11 is 0. The number of anilines is 2. The summed E-state index contributed by atoms with van der Waals surface area (Å²) in [5.41, 5.74) is 5.94. The van der Waals surface area contributed by atoms with Crippen LogP contribution in [-0.4, -0.2) is 16.7 Å². The molecule has 1 amide bonds. The quantitative estimate of drug-likeness (QED) is 0.504. The Balaban J connectivity index is 1.45. The Morgan fingerprint density at radius 1 is 1.00 bits per heavy atom. The molecule has 8 heteroatoms. The van der Waals surface area contributed by atoms with Crippen molar-refractivity contribution in [3.05, 3.63) is 76.9 Å². The molecule has 1 unspecified atom stereocenters. The van der Waals surface area contributed by atoms with Crippen LogP contribution in [0, 0.1) is 11.6 Å². The lowest BCUT2D eigenvalue weighted by molar-refractivity contribution is -0.123. The molecule has 0 bridgehead atoms. The van der Waals surface area contributed by atoms with Crippen LogP contribution < -0.4 is 15.4 Å². The number of fused-ring (bicyclic) bond motifs is 3. The van der Waals surface area contributed by atoms with E-state index < -0.39 is 28.0 Å². The van der Waals surface area contributed by atoms with Gasteiger partial charge in [0, 0.05) is 23.9 Å². The highest BCUT2D eigenvalue weighted by Gasteiger charge is 2.51. The average molecular weight is 480 g/mol. The van der Waals surface area contributed by atoms with Crippen molar-refractivity contribution in [1.29, 1.82) is 0 Å². The van der Waals surface area contributed by atoms with E-state index in [0.29, 0.717) is 5.69 Å². The lowest BCUT2D eigenvalue weighted by Crippen LogP contribution is -2.40. The molecule has 3 aromatic rings. The highest BCUT2D eigenvalue weighted by Crippen LogP contribution is 2.54. The topological polar surface area (TPSA) is 70.2 Å². The molecule has 3 aliphatic rings. The zero-order valence-electron chi connectivity index (χ0n) is 18.3. The van der Waals surface area contributed by atoms with Gasteiger partial charge in [0.15, 0.2) is 11.0 Å². The molecule has 1 saturated carbocycles. The minimum atomic E-state index is -1.94. The predicted octanol–water partition coefficient (Wildman–Crippen LogP) is 4.79. The second-order valence-corrected chi connectivity index (χ2v) is 10.4. The average Bonchev–Trinajstić information content (AvgIpc) is 3.10. The predicted molar refractivity (Wildman–Crippen MR) is 128 cm³/mol. The molecule has 0 radical (unpaired) electrons. The lowest BCUT2D eigenvalue weighted by atomic mass is 9.65. The van der Waals surface area contributed by atoms with Gasteiger partial charge in [0.05, 0.1) is 16.0 Å². The van der Waals surface area contributed by atoms with Crippen LogP contribution in [0.4, 0.5) is 20.2 Å². The summed E-state index contributed by atoms with van der Waals surface area (Å²) in [7, 11) is -1.94. The van der Waals surface area contributed by atoms with Crippen LogP contribution in [0.3, 0.4) is 0 Å². The minimum absolute atomic E-state index is 0.00234. The molecular weight excluding hydrogens is 456 g/mol. The largest absolute Gasteiger partial charge is 0.324 e. The Morgan fingerprint density at radius 2 is 1.85 bits per heavy atom. The van der Waals surface area contributed by atoms with Crippen molar-refractivity contribution in [2.45, 2.75) is 42.5 Å². The first kappa shape index (κ1) is 21.4. The zero-order valence-corrected chi connectivity index (χ0v) is 19.2. The van der Waals surface area contributed by atoms with Gasteiger partial charge in [-0.1, -0.05) is 18.6 Å². The molecule has 174 valence electrons. The number of hydrogen-bond donors (Lipinski definition) is 3. The fraction of sp³-hybridized carbons (Fsp3) is 0.269. The van der Waals surface area contributed by atoms with Gasteiger partial charge < -0.3 is 15.4 Å². The summed E-state index contributed by atoms with van der Waals surface area (Å²) < 4.78 is 43.4. The molecular formula is C26H23F2N3O2S. The third-order valence-electron chi connectivity index (χ3n) is 7.24. The van der Waals surface area contributed by atoms with Gasteiger partial charge in [-0.15, -0.1) is 0 Å². The normalized spacial score (nSPS) is 18.6. The van der Waals surface area contributed by atoms with E-state index in [0.717, 1.165) is 73.3 Å². The summed E-state index contributed by atoms with van der Waals surface area (Å²) in [5.74, 6) is -1.60. The number of halogens is 2. The molecule has 2 heterocycles. The van der Waals surface area contributed by atoms with E-state index in [2.05, 4.69) is 33.6 Å². The van der Waals surface area contributed by atoms with Crippen LogP contribution in [-0.2, 0) is 34.2 Å². The summed E-state index contributed by atoms with van der Waals surface area (Å²) in [6.45, 7) is 1.74. The van der Waals surface area contributed by atoms with Gasteiger partial charge in [-0.05, 0) is 78.4 Å². The van der Waals surface area contributed by atoms with Crippen molar-refractivity contribution < 1.29 is 17.8 Å². The Bertz CT molecular complexity index is 1370. The summed E-state index contributed by atoms with van der Waals surface area (Å²) in [6, 6.07) is 13.0. The molecule has 34 heavy (non-hydrogen) atoms. The number of carbonyl (C=O) groups is 1. The molecule has 5 nitrogen and oxygen atoms in total. The maximum Gasteiger partial charge on any atom is 0.235 e.